The van der Waals surface area contributed by atoms with Gasteiger partial charge in [-0.15, -0.1) is 0 Å². The minimum atomic E-state index is -3.96. The molecule has 1 aliphatic rings. The first-order valence-electron chi connectivity index (χ1n) is 11.6. The van der Waals surface area contributed by atoms with E-state index < -0.39 is 10.0 Å². The van der Waals surface area contributed by atoms with Gasteiger partial charge < -0.3 is 14.6 Å². The van der Waals surface area contributed by atoms with E-state index in [1.54, 1.807) is 67.8 Å². The summed E-state index contributed by atoms with van der Waals surface area (Å²) in [5, 5.41) is 7.50. The molecule has 4 aromatic rings. The van der Waals surface area contributed by atoms with Gasteiger partial charge in [-0.05, 0) is 62.2 Å². The monoisotopic (exact) mass is 505 g/mol. The highest BCUT2D eigenvalue weighted by Gasteiger charge is 2.44. The molecular formula is C27H27N3O5S. The van der Waals surface area contributed by atoms with Crippen LogP contribution >= 0.6 is 0 Å². The van der Waals surface area contributed by atoms with Gasteiger partial charge in [0.05, 0.1) is 29.8 Å². The Morgan fingerprint density at radius 1 is 1.17 bits per heavy atom. The third kappa shape index (κ3) is 4.42. The molecule has 0 aliphatic heterocycles. The molecule has 1 fully saturated rings. The second-order valence-electron chi connectivity index (χ2n) is 9.37. The summed E-state index contributed by atoms with van der Waals surface area (Å²) >= 11 is 0. The third-order valence-corrected chi connectivity index (χ3v) is 8.39. The fourth-order valence-corrected chi connectivity index (χ4v) is 5.63. The number of amides is 1. The smallest absolute Gasteiger partial charge is 0.268 e. The number of hydrogen-bond donors (Lipinski definition) is 1. The largest absolute Gasteiger partial charge is 0.496 e. The Hall–Kier alpha value is -3.85. The van der Waals surface area contributed by atoms with E-state index in [1.165, 1.54) is 10.2 Å². The zero-order valence-corrected chi connectivity index (χ0v) is 21.1. The number of nitrogens with one attached hydrogen (secondary N) is 1. The fraction of sp³-hybridized carbons (Fsp3) is 0.259. The topological polar surface area (TPSA) is 103 Å². The number of nitrogens with zero attached hydrogens (tertiary/aromatic N) is 2. The molecule has 2 aromatic carbocycles. The van der Waals surface area contributed by atoms with Crippen molar-refractivity contribution in [1.82, 2.24) is 14.4 Å². The van der Waals surface area contributed by atoms with E-state index in [0.717, 1.165) is 18.4 Å². The van der Waals surface area contributed by atoms with Crippen LogP contribution in [0.4, 0.5) is 0 Å². The van der Waals surface area contributed by atoms with Crippen molar-refractivity contribution < 1.29 is 22.5 Å². The molecule has 1 aliphatic carbocycles. The maximum absolute atomic E-state index is 13.9. The number of carbonyl (C=O) groups excluding carboxylic acids is 1. The number of aryl methyl sites for hydroxylation is 1. The van der Waals surface area contributed by atoms with Crippen molar-refractivity contribution in [2.75, 3.05) is 7.11 Å². The second kappa shape index (κ2) is 8.98. The van der Waals surface area contributed by atoms with E-state index in [4.69, 9.17) is 9.26 Å². The van der Waals surface area contributed by atoms with Gasteiger partial charge in [-0.25, -0.2) is 12.4 Å². The average molecular weight is 506 g/mol. The lowest BCUT2D eigenvalue weighted by molar-refractivity contribution is -0.125. The highest BCUT2D eigenvalue weighted by Crippen LogP contribution is 2.45. The Kier molecular flexibility index (Phi) is 5.96. The van der Waals surface area contributed by atoms with Crippen LogP contribution in [-0.4, -0.2) is 30.6 Å². The Morgan fingerprint density at radius 3 is 2.56 bits per heavy atom. The van der Waals surface area contributed by atoms with Crippen molar-refractivity contribution in [1.29, 1.82) is 0 Å². The van der Waals surface area contributed by atoms with E-state index in [-0.39, 0.29) is 22.8 Å². The molecule has 5 rings (SSSR count). The number of fused-ring (bicyclic) bond motifs is 1. The van der Waals surface area contributed by atoms with Gasteiger partial charge in [0.25, 0.3) is 10.0 Å². The summed E-state index contributed by atoms with van der Waals surface area (Å²) in [5.74, 6) is 0.508. The Bertz CT molecular complexity index is 1560. The van der Waals surface area contributed by atoms with Gasteiger partial charge in [-0.2, -0.15) is 0 Å². The number of ether oxygens (including phenoxy) is 1. The van der Waals surface area contributed by atoms with Gasteiger partial charge in [0.2, 0.25) is 5.91 Å². The van der Waals surface area contributed by atoms with Gasteiger partial charge in [0.1, 0.15) is 17.7 Å². The lowest BCUT2D eigenvalue weighted by Crippen LogP contribution is -2.31. The molecule has 36 heavy (non-hydrogen) atoms. The third-order valence-electron chi connectivity index (χ3n) is 6.61. The first kappa shape index (κ1) is 23.9. The Labute approximate surface area is 209 Å². The Balaban J connectivity index is 1.65. The lowest BCUT2D eigenvalue weighted by atomic mass is 10.1. The summed E-state index contributed by atoms with van der Waals surface area (Å²) in [5.41, 5.74) is 2.83. The van der Waals surface area contributed by atoms with Crippen molar-refractivity contribution in [3.63, 3.8) is 0 Å². The zero-order chi connectivity index (χ0) is 25.5. The first-order chi connectivity index (χ1) is 17.2. The maximum atomic E-state index is 13.9. The summed E-state index contributed by atoms with van der Waals surface area (Å²) in [6, 6.07) is 13.8. The number of hydrogen-bond acceptors (Lipinski definition) is 6. The molecule has 9 heteroatoms. The van der Waals surface area contributed by atoms with E-state index >= 15 is 0 Å². The van der Waals surface area contributed by atoms with Crippen LogP contribution in [0.15, 0.2) is 64.2 Å². The minimum absolute atomic E-state index is 0.0687. The molecule has 0 unspecified atom stereocenters. The van der Waals surface area contributed by atoms with Crippen LogP contribution in [0.3, 0.4) is 0 Å². The molecule has 0 bridgehead atoms. The second-order valence-corrected chi connectivity index (χ2v) is 11.2. The van der Waals surface area contributed by atoms with Crippen molar-refractivity contribution in [3.05, 3.63) is 77.3 Å². The van der Waals surface area contributed by atoms with Gasteiger partial charge in [0.15, 0.2) is 0 Å². The van der Waals surface area contributed by atoms with Gasteiger partial charge >= 0.3 is 0 Å². The normalized spacial score (nSPS) is 14.9. The number of aromatic nitrogens is 2. The highest BCUT2D eigenvalue weighted by atomic mass is 32.2. The van der Waals surface area contributed by atoms with Crippen LogP contribution in [0, 0.1) is 12.3 Å². The van der Waals surface area contributed by atoms with Crippen molar-refractivity contribution in [2.24, 2.45) is 5.41 Å². The summed E-state index contributed by atoms with van der Waals surface area (Å²) in [6.07, 6.45) is 6.69. The van der Waals surface area contributed by atoms with Crippen LogP contribution in [0.25, 0.3) is 23.1 Å². The van der Waals surface area contributed by atoms with Gasteiger partial charge in [-0.3, -0.25) is 4.79 Å². The predicted octanol–water partition coefficient (Wildman–Crippen LogP) is 4.77. The Morgan fingerprint density at radius 2 is 1.92 bits per heavy atom. The van der Waals surface area contributed by atoms with Crippen LogP contribution in [-0.2, 0) is 21.4 Å². The highest BCUT2D eigenvalue weighted by molar-refractivity contribution is 7.90. The quantitative estimate of drug-likeness (QED) is 0.370. The number of benzene rings is 2. The number of rotatable bonds is 8. The average Bonchev–Trinajstić information content (AvgIpc) is 3.26. The molecule has 1 saturated carbocycles. The first-order valence-corrected chi connectivity index (χ1v) is 13.1. The van der Waals surface area contributed by atoms with Crippen LogP contribution in [0.2, 0.25) is 0 Å². The molecule has 0 saturated heterocycles. The van der Waals surface area contributed by atoms with E-state index in [0.29, 0.717) is 33.6 Å². The number of carbonyl (C=O) groups is 1. The lowest BCUT2D eigenvalue weighted by Gasteiger charge is -2.15. The summed E-state index contributed by atoms with van der Waals surface area (Å²) in [6.45, 7) is 3.90. The summed E-state index contributed by atoms with van der Waals surface area (Å²) in [7, 11) is -2.40. The molecule has 186 valence electrons. The van der Waals surface area contributed by atoms with E-state index in [2.05, 4.69) is 10.5 Å². The molecule has 2 heterocycles. The zero-order valence-electron chi connectivity index (χ0n) is 20.3. The van der Waals surface area contributed by atoms with Gasteiger partial charge in [0, 0.05) is 22.4 Å². The van der Waals surface area contributed by atoms with Crippen molar-refractivity contribution in [3.8, 4) is 5.75 Å². The van der Waals surface area contributed by atoms with Crippen LogP contribution < -0.4 is 10.1 Å². The van der Waals surface area contributed by atoms with Gasteiger partial charge in [-0.1, -0.05) is 29.8 Å². The standard InChI is InChI=1S/C27H27N3O5S/c1-18-4-8-23(9-5-18)36(32,33)30-22(17-28-26(31)27(2)11-12-27)14-20-16-25(34-3)19(15-24(20)30)6-7-21-10-13-35-29-21/h4-10,13-16H,11-12,17H2,1-3H3,(H,28,31). The molecule has 8 nitrogen and oxygen atoms in total. The number of methoxy groups -OCH3 is 1. The van der Waals surface area contributed by atoms with Crippen LogP contribution in [0.5, 0.6) is 5.75 Å². The van der Waals surface area contributed by atoms with Crippen molar-refractivity contribution >= 4 is 39.0 Å². The summed E-state index contributed by atoms with van der Waals surface area (Å²) in [4.78, 5) is 12.8. The molecule has 1 amide bonds. The van der Waals surface area contributed by atoms with Crippen LogP contribution in [0.1, 0.15) is 42.3 Å². The minimum Gasteiger partial charge on any atom is -0.496 e. The summed E-state index contributed by atoms with van der Waals surface area (Å²) < 4.78 is 39.5. The molecule has 0 radical (unpaired) electrons. The maximum Gasteiger partial charge on any atom is 0.268 e. The van der Waals surface area contributed by atoms with Crippen molar-refractivity contribution in [2.45, 2.75) is 38.1 Å². The molecule has 1 N–H and O–H groups in total. The van der Waals surface area contributed by atoms with E-state index in [9.17, 15) is 13.2 Å². The SMILES string of the molecule is COc1cc2cc(CNC(=O)C3(C)CC3)n(S(=O)(=O)c3ccc(C)cc3)c2cc1C=Cc1ccon1. The molecule has 0 atom stereocenters. The molecular weight excluding hydrogens is 478 g/mol. The predicted molar refractivity (Wildman–Crippen MR) is 137 cm³/mol. The van der Waals surface area contributed by atoms with E-state index in [1.807, 2.05) is 13.8 Å². The molecule has 0 spiro atoms. The molecule has 2 aromatic heterocycles. The fourth-order valence-electron chi connectivity index (χ4n) is 4.10.